The molecule has 9 nitrogen and oxygen atoms in total. The highest BCUT2D eigenvalue weighted by molar-refractivity contribution is 6.00. The van der Waals surface area contributed by atoms with Crippen molar-refractivity contribution in [2.45, 2.75) is 13.0 Å². The fourth-order valence-electron chi connectivity index (χ4n) is 4.81. The molecule has 1 atom stereocenters. The Labute approximate surface area is 223 Å². The number of nitrogens with one attached hydrogen (secondary N) is 1. The summed E-state index contributed by atoms with van der Waals surface area (Å²) < 4.78 is 8.51. The number of rotatable bonds is 6. The zero-order chi connectivity index (χ0) is 26.9. The summed E-state index contributed by atoms with van der Waals surface area (Å²) in [6.45, 7) is 1.86. The van der Waals surface area contributed by atoms with E-state index in [0.717, 1.165) is 16.5 Å². The Morgan fingerprint density at radius 3 is 2.64 bits per heavy atom. The first-order chi connectivity index (χ1) is 19.0. The molecule has 1 unspecified atom stereocenters. The van der Waals surface area contributed by atoms with Gasteiger partial charge in [-0.1, -0.05) is 36.4 Å². The minimum atomic E-state index is -0.516. The van der Waals surface area contributed by atoms with Gasteiger partial charge in [-0.2, -0.15) is 5.10 Å². The van der Waals surface area contributed by atoms with E-state index in [9.17, 15) is 9.59 Å². The van der Waals surface area contributed by atoms with Crippen LogP contribution in [0.25, 0.3) is 33.2 Å². The second-order valence-corrected chi connectivity index (χ2v) is 9.04. The Hall–Kier alpha value is -5.31. The van der Waals surface area contributed by atoms with Crippen molar-refractivity contribution in [2.24, 2.45) is 0 Å². The first-order valence-corrected chi connectivity index (χ1v) is 12.4. The summed E-state index contributed by atoms with van der Waals surface area (Å²) in [5.74, 6) is 0.129. The number of nitrogens with zero attached hydrogens (tertiary/aromatic N) is 5. The normalized spacial score (nSPS) is 11.9. The van der Waals surface area contributed by atoms with Gasteiger partial charge in [0.05, 0.1) is 24.7 Å². The van der Waals surface area contributed by atoms with Gasteiger partial charge in [0.2, 0.25) is 5.88 Å². The molecule has 0 aliphatic rings. The second-order valence-electron chi connectivity index (χ2n) is 9.04. The molecule has 4 heterocycles. The van der Waals surface area contributed by atoms with E-state index in [1.165, 1.54) is 6.20 Å². The first kappa shape index (κ1) is 24.1. The van der Waals surface area contributed by atoms with Gasteiger partial charge in [-0.25, -0.2) is 14.5 Å². The molecule has 0 aliphatic carbocycles. The van der Waals surface area contributed by atoms with Crippen LogP contribution in [0.3, 0.4) is 0 Å². The summed E-state index contributed by atoms with van der Waals surface area (Å²) in [5, 5.41) is 8.57. The van der Waals surface area contributed by atoms with Crippen molar-refractivity contribution in [3.8, 4) is 22.7 Å². The van der Waals surface area contributed by atoms with Crippen LogP contribution < -0.4 is 15.6 Å². The highest BCUT2D eigenvalue weighted by atomic mass is 16.5. The van der Waals surface area contributed by atoms with Crippen molar-refractivity contribution in [3.05, 3.63) is 119 Å². The minimum Gasteiger partial charge on any atom is -0.481 e. The first-order valence-electron chi connectivity index (χ1n) is 12.4. The topological polar surface area (TPSA) is 103 Å². The van der Waals surface area contributed by atoms with E-state index in [2.05, 4.69) is 20.4 Å². The third-order valence-electron chi connectivity index (χ3n) is 6.66. The quantitative estimate of drug-likeness (QED) is 0.347. The largest absolute Gasteiger partial charge is 0.481 e. The fraction of sp³-hybridized carbons (Fsp3) is 0.100. The Morgan fingerprint density at radius 1 is 0.974 bits per heavy atom. The van der Waals surface area contributed by atoms with Crippen LogP contribution >= 0.6 is 0 Å². The molecule has 2 aromatic carbocycles. The summed E-state index contributed by atoms with van der Waals surface area (Å²) in [7, 11) is 1.56. The van der Waals surface area contributed by atoms with E-state index < -0.39 is 6.04 Å². The number of carbonyl (C=O) groups excluding carboxylic acids is 1. The van der Waals surface area contributed by atoms with Crippen molar-refractivity contribution in [2.75, 3.05) is 7.11 Å². The monoisotopic (exact) mass is 516 g/mol. The van der Waals surface area contributed by atoms with Gasteiger partial charge in [-0.3, -0.25) is 14.2 Å². The zero-order valence-electron chi connectivity index (χ0n) is 21.3. The Balaban J connectivity index is 1.51. The van der Waals surface area contributed by atoms with E-state index in [1.807, 2.05) is 73.7 Å². The van der Waals surface area contributed by atoms with Crippen LogP contribution in [0.5, 0.6) is 5.88 Å². The Morgan fingerprint density at radius 2 is 1.82 bits per heavy atom. The average Bonchev–Trinajstić information content (AvgIpc) is 3.41. The molecule has 192 valence electrons. The number of fused-ring (bicyclic) bond motifs is 2. The number of methoxy groups -OCH3 is 1. The van der Waals surface area contributed by atoms with E-state index in [4.69, 9.17) is 4.74 Å². The lowest BCUT2D eigenvalue weighted by Crippen LogP contribution is -2.32. The molecule has 0 bridgehead atoms. The summed E-state index contributed by atoms with van der Waals surface area (Å²) in [6, 6.07) is 22.0. The van der Waals surface area contributed by atoms with E-state index >= 15 is 0 Å². The molecule has 1 N–H and O–H groups in total. The van der Waals surface area contributed by atoms with Gasteiger partial charge in [-0.05, 0) is 53.8 Å². The summed E-state index contributed by atoms with van der Waals surface area (Å²) >= 11 is 0. The van der Waals surface area contributed by atoms with E-state index in [1.54, 1.807) is 40.8 Å². The molecule has 6 rings (SSSR count). The third kappa shape index (κ3) is 4.29. The SMILES string of the molecule is COc1cc(-c2cccc3cc(C(C)NC(=O)c4cnn5cccnc45)n(-c4ccccc4)c(=O)c23)ccn1. The van der Waals surface area contributed by atoms with Crippen LogP contribution in [-0.4, -0.2) is 37.2 Å². The highest BCUT2D eigenvalue weighted by Gasteiger charge is 2.22. The van der Waals surface area contributed by atoms with Crippen LogP contribution in [0, 0.1) is 0 Å². The molecule has 39 heavy (non-hydrogen) atoms. The molecule has 0 spiro atoms. The molecule has 0 aliphatic heterocycles. The number of carbonyl (C=O) groups is 1. The predicted octanol–water partition coefficient (Wildman–Crippen LogP) is 4.60. The second kappa shape index (κ2) is 9.86. The summed E-state index contributed by atoms with van der Waals surface area (Å²) in [6.07, 6.45) is 6.49. The van der Waals surface area contributed by atoms with E-state index in [0.29, 0.717) is 33.9 Å². The van der Waals surface area contributed by atoms with Gasteiger partial charge in [0.1, 0.15) is 5.56 Å². The molecule has 0 saturated heterocycles. The molecular formula is C30H24N6O3. The smallest absolute Gasteiger partial charge is 0.263 e. The predicted molar refractivity (Wildman–Crippen MR) is 148 cm³/mol. The molecule has 6 aromatic rings. The number of hydrogen-bond donors (Lipinski definition) is 1. The maximum Gasteiger partial charge on any atom is 0.263 e. The van der Waals surface area contributed by atoms with Crippen molar-refractivity contribution in [1.29, 1.82) is 0 Å². The van der Waals surface area contributed by atoms with Gasteiger partial charge in [-0.15, -0.1) is 0 Å². The van der Waals surface area contributed by atoms with Gasteiger partial charge < -0.3 is 10.1 Å². The maximum atomic E-state index is 14.3. The number of hydrogen-bond acceptors (Lipinski definition) is 6. The lowest BCUT2D eigenvalue weighted by atomic mass is 9.98. The van der Waals surface area contributed by atoms with Gasteiger partial charge in [0.15, 0.2) is 5.65 Å². The van der Waals surface area contributed by atoms with Crippen LogP contribution in [-0.2, 0) is 0 Å². The Kier molecular flexibility index (Phi) is 6.08. The molecule has 1 amide bonds. The lowest BCUT2D eigenvalue weighted by molar-refractivity contribution is 0.0940. The number of para-hydroxylation sites is 1. The molecule has 0 saturated carbocycles. The van der Waals surface area contributed by atoms with Crippen LogP contribution in [0.1, 0.15) is 29.0 Å². The summed E-state index contributed by atoms with van der Waals surface area (Å²) in [5.41, 5.74) is 3.53. The molecule has 9 heteroatoms. The highest BCUT2D eigenvalue weighted by Crippen LogP contribution is 2.30. The van der Waals surface area contributed by atoms with Crippen LogP contribution in [0.2, 0.25) is 0 Å². The average molecular weight is 517 g/mol. The number of pyridine rings is 2. The lowest BCUT2D eigenvalue weighted by Gasteiger charge is -2.21. The van der Waals surface area contributed by atoms with Crippen LogP contribution in [0.15, 0.2) is 102 Å². The van der Waals surface area contributed by atoms with E-state index in [-0.39, 0.29) is 11.5 Å². The number of amides is 1. The maximum absolute atomic E-state index is 14.3. The molecule has 0 radical (unpaired) electrons. The Bertz CT molecular complexity index is 1890. The van der Waals surface area contributed by atoms with Gasteiger partial charge in [0, 0.05) is 36.0 Å². The summed E-state index contributed by atoms with van der Waals surface area (Å²) in [4.78, 5) is 36.0. The molecule has 0 fully saturated rings. The molecule has 4 aromatic heterocycles. The number of aromatic nitrogens is 5. The van der Waals surface area contributed by atoms with Crippen molar-refractivity contribution < 1.29 is 9.53 Å². The van der Waals surface area contributed by atoms with Crippen LogP contribution in [0.4, 0.5) is 0 Å². The minimum absolute atomic E-state index is 0.196. The standard InChI is InChI=1S/C30H24N6O3/c1-19(34-29(37)24-18-33-35-15-7-13-32-28(24)35)25-16-21-8-6-11-23(20-12-14-31-26(17-20)39-2)27(21)30(38)36(25)22-9-4-3-5-10-22/h3-19H,1-2H3,(H,34,37). The fourth-order valence-corrected chi connectivity index (χ4v) is 4.81. The zero-order valence-corrected chi connectivity index (χ0v) is 21.3. The molecular weight excluding hydrogens is 492 g/mol. The van der Waals surface area contributed by atoms with Crippen molar-refractivity contribution in [3.63, 3.8) is 0 Å². The third-order valence-corrected chi connectivity index (χ3v) is 6.66. The van der Waals surface area contributed by atoms with Gasteiger partial charge >= 0.3 is 0 Å². The number of ether oxygens (including phenoxy) is 1. The van der Waals surface area contributed by atoms with Gasteiger partial charge in [0.25, 0.3) is 11.5 Å². The van der Waals surface area contributed by atoms with Crippen molar-refractivity contribution in [1.82, 2.24) is 29.5 Å². The van der Waals surface area contributed by atoms with Crippen molar-refractivity contribution >= 4 is 22.3 Å². The number of benzene rings is 2.